The van der Waals surface area contributed by atoms with Crippen LogP contribution in [0.4, 0.5) is 0 Å². The summed E-state index contributed by atoms with van der Waals surface area (Å²) in [5.74, 6) is -0.0102. The molecule has 1 saturated heterocycles. The molecule has 2 heterocycles. The number of alkyl halides is 2. The Morgan fingerprint density at radius 2 is 2.09 bits per heavy atom. The molecule has 1 aliphatic heterocycles. The number of benzene rings is 1. The number of pyridine rings is 1. The van der Waals surface area contributed by atoms with Crippen molar-refractivity contribution in [2.75, 3.05) is 16.0 Å². The first kappa shape index (κ1) is 16.1. The van der Waals surface area contributed by atoms with E-state index in [9.17, 15) is 4.79 Å². The van der Waals surface area contributed by atoms with Crippen LogP contribution in [-0.2, 0) is 3.07 Å². The van der Waals surface area contributed by atoms with E-state index in [1.165, 1.54) is 0 Å². The zero-order chi connectivity index (χ0) is 15.5. The number of aromatic nitrogens is 1. The summed E-state index contributed by atoms with van der Waals surface area (Å²) in [6.07, 6.45) is 2.07. The van der Waals surface area contributed by atoms with Gasteiger partial charge in [-0.25, -0.2) is 0 Å². The fraction of sp³-hybridized carbons (Fsp3) is 0.375. The van der Waals surface area contributed by atoms with Gasteiger partial charge in [-0.1, -0.05) is 0 Å². The molecular weight excluding hydrogens is 459 g/mol. The third-order valence-corrected chi connectivity index (χ3v) is 9.12. The topological polar surface area (TPSA) is 51.2 Å². The maximum absolute atomic E-state index is 12.7. The number of halogens is 2. The average molecular weight is 477 g/mol. The summed E-state index contributed by atoms with van der Waals surface area (Å²) in [5, 5.41) is 4.07. The number of hydrogen-bond donors (Lipinski definition) is 1. The van der Waals surface area contributed by atoms with Crippen molar-refractivity contribution in [2.45, 2.75) is 18.9 Å². The Morgan fingerprint density at radius 1 is 1.36 bits per heavy atom. The molecule has 0 saturated carbocycles. The fourth-order valence-electron chi connectivity index (χ4n) is 2.64. The molecule has 3 rings (SSSR count). The molecule has 1 aliphatic rings. The van der Waals surface area contributed by atoms with Crippen LogP contribution in [0, 0.1) is 0 Å². The van der Waals surface area contributed by atoms with Gasteiger partial charge in [0.2, 0.25) is 0 Å². The van der Waals surface area contributed by atoms with E-state index < -0.39 is 20.2 Å². The van der Waals surface area contributed by atoms with E-state index in [1.54, 1.807) is 6.07 Å². The van der Waals surface area contributed by atoms with Gasteiger partial charge in [-0.05, 0) is 0 Å². The summed E-state index contributed by atoms with van der Waals surface area (Å²) in [6, 6.07) is 9.80. The van der Waals surface area contributed by atoms with Gasteiger partial charge in [-0.2, -0.15) is 0 Å². The number of hydrogen-bond acceptors (Lipinski definition) is 3. The van der Waals surface area contributed by atoms with Crippen molar-refractivity contribution in [3.63, 3.8) is 0 Å². The number of amides is 1. The van der Waals surface area contributed by atoms with Crippen molar-refractivity contribution in [3.05, 3.63) is 40.5 Å². The number of carbonyl (C=O) groups excluding carboxylic acids is 1. The van der Waals surface area contributed by atoms with E-state index in [0.29, 0.717) is 10.2 Å². The second kappa shape index (κ2) is 7.23. The first-order valence-electron chi connectivity index (χ1n) is 7.20. The first-order chi connectivity index (χ1) is 10.7. The first-order valence-corrected chi connectivity index (χ1v) is 11.9. The number of nitrogens with one attached hydrogen (secondary N) is 1. The summed E-state index contributed by atoms with van der Waals surface area (Å²) < 4.78 is 8.54. The summed E-state index contributed by atoms with van der Waals surface area (Å²) in [6.45, 7) is 0. The molecule has 2 aromatic rings. The zero-order valence-electron chi connectivity index (χ0n) is 12.3. The molecule has 0 bridgehead atoms. The van der Waals surface area contributed by atoms with E-state index in [4.69, 9.17) is 3.07 Å². The number of nitrogens with zero attached hydrogens (tertiary/aromatic N) is 1. The van der Waals surface area contributed by atoms with Crippen molar-refractivity contribution in [3.8, 4) is 0 Å². The Bertz CT molecular complexity index is 687. The normalized spacial score (nSPS) is 17.6. The SMILES string of the molecule is COI1CCC(NC(=O)c2cc(Br)nc3ccccc23)CC1. The summed E-state index contributed by atoms with van der Waals surface area (Å²) in [4.78, 5) is 17.1. The van der Waals surface area contributed by atoms with E-state index in [2.05, 4.69) is 26.2 Å². The second-order valence-electron chi connectivity index (χ2n) is 5.20. The van der Waals surface area contributed by atoms with Crippen molar-refractivity contribution < 1.29 is 7.86 Å². The predicted molar refractivity (Wildman–Crippen MR) is 101 cm³/mol. The third kappa shape index (κ3) is 3.60. The van der Waals surface area contributed by atoms with Crippen LogP contribution in [0.1, 0.15) is 23.2 Å². The van der Waals surface area contributed by atoms with Crippen LogP contribution in [0.15, 0.2) is 34.9 Å². The Morgan fingerprint density at radius 3 is 2.82 bits per heavy atom. The predicted octanol–water partition coefficient (Wildman–Crippen LogP) is 3.96. The average Bonchev–Trinajstić information content (AvgIpc) is 2.54. The molecule has 118 valence electrons. The van der Waals surface area contributed by atoms with Gasteiger partial charge in [0.25, 0.3) is 0 Å². The van der Waals surface area contributed by atoms with E-state index >= 15 is 0 Å². The van der Waals surface area contributed by atoms with Crippen LogP contribution >= 0.6 is 36.2 Å². The van der Waals surface area contributed by atoms with Gasteiger partial charge in [0.05, 0.1) is 0 Å². The quantitative estimate of drug-likeness (QED) is 0.414. The third-order valence-electron chi connectivity index (χ3n) is 3.82. The number of fused-ring (bicyclic) bond motifs is 1. The summed E-state index contributed by atoms with van der Waals surface area (Å²) >= 11 is 2.24. The Labute approximate surface area is 146 Å². The minimum absolute atomic E-state index is 0.0102. The molecule has 0 aliphatic carbocycles. The van der Waals surface area contributed by atoms with Crippen LogP contribution in [0.5, 0.6) is 0 Å². The van der Waals surface area contributed by atoms with E-state index in [1.807, 2.05) is 31.4 Å². The molecule has 1 aromatic heterocycles. The fourth-order valence-corrected chi connectivity index (χ4v) is 7.37. The van der Waals surface area contributed by atoms with Gasteiger partial charge < -0.3 is 0 Å². The number of para-hydroxylation sites is 1. The van der Waals surface area contributed by atoms with Crippen molar-refractivity contribution in [1.29, 1.82) is 0 Å². The van der Waals surface area contributed by atoms with Crippen LogP contribution in [-0.4, -0.2) is 32.9 Å². The van der Waals surface area contributed by atoms with Crippen LogP contribution in [0.25, 0.3) is 10.9 Å². The molecule has 0 atom stereocenters. The minimum atomic E-state index is -1.15. The summed E-state index contributed by atoms with van der Waals surface area (Å²) in [7, 11) is 1.82. The van der Waals surface area contributed by atoms with Gasteiger partial charge in [-0.3, -0.25) is 0 Å². The Hall–Kier alpha value is -0.730. The Balaban J connectivity index is 1.78. The molecule has 0 spiro atoms. The molecule has 22 heavy (non-hydrogen) atoms. The second-order valence-corrected chi connectivity index (χ2v) is 11.4. The molecule has 4 nitrogen and oxygen atoms in total. The monoisotopic (exact) mass is 476 g/mol. The standard InChI is InChI=1S/C16H18BrIN2O2/c1-22-18-8-6-11(7-9-18)19-16(21)13-10-15(17)20-14-5-3-2-4-12(13)14/h2-5,10-11H,6-9H2,1H3,(H,19,21). The van der Waals surface area contributed by atoms with E-state index in [0.717, 1.165) is 32.6 Å². The van der Waals surface area contributed by atoms with Gasteiger partial charge in [0.1, 0.15) is 0 Å². The molecule has 1 fully saturated rings. The van der Waals surface area contributed by atoms with Crippen LogP contribution in [0.3, 0.4) is 0 Å². The Kier molecular flexibility index (Phi) is 5.30. The maximum atomic E-state index is 12.7. The molecule has 0 unspecified atom stereocenters. The van der Waals surface area contributed by atoms with Crippen molar-refractivity contribution in [1.82, 2.24) is 10.3 Å². The molecule has 1 aromatic carbocycles. The molecule has 1 amide bonds. The van der Waals surface area contributed by atoms with Crippen molar-refractivity contribution in [2.24, 2.45) is 0 Å². The van der Waals surface area contributed by atoms with Gasteiger partial charge in [0.15, 0.2) is 0 Å². The zero-order valence-corrected chi connectivity index (χ0v) is 16.1. The van der Waals surface area contributed by atoms with Gasteiger partial charge in [0, 0.05) is 0 Å². The summed E-state index contributed by atoms with van der Waals surface area (Å²) in [5.41, 5.74) is 1.52. The number of carbonyl (C=O) groups is 1. The number of rotatable bonds is 3. The molecule has 1 N–H and O–H groups in total. The van der Waals surface area contributed by atoms with Crippen molar-refractivity contribution >= 4 is 53.0 Å². The molecule has 0 radical (unpaired) electrons. The van der Waals surface area contributed by atoms with Crippen LogP contribution in [0.2, 0.25) is 0 Å². The molecular formula is C16H18BrIN2O2. The van der Waals surface area contributed by atoms with E-state index in [-0.39, 0.29) is 11.9 Å². The van der Waals surface area contributed by atoms with Gasteiger partial charge in [-0.15, -0.1) is 0 Å². The van der Waals surface area contributed by atoms with Gasteiger partial charge >= 0.3 is 146 Å². The van der Waals surface area contributed by atoms with Crippen LogP contribution < -0.4 is 5.32 Å². The molecule has 6 heteroatoms.